The minimum atomic E-state index is 0.508. The summed E-state index contributed by atoms with van der Waals surface area (Å²) in [7, 11) is 0. The van der Waals surface area contributed by atoms with E-state index in [1.54, 1.807) is 16.8 Å². The maximum atomic E-state index is 6.11. The van der Waals surface area contributed by atoms with E-state index >= 15 is 0 Å². The highest BCUT2D eigenvalue weighted by Gasteiger charge is 2.12. The molecule has 0 aliphatic carbocycles. The predicted molar refractivity (Wildman–Crippen MR) is 76.2 cm³/mol. The molecule has 0 amide bonds. The quantitative estimate of drug-likeness (QED) is 0.778. The summed E-state index contributed by atoms with van der Waals surface area (Å²) >= 11 is 5.86. The molecule has 2 N–H and O–H groups in total. The molecule has 3 rings (SSSR count). The van der Waals surface area contributed by atoms with Crippen LogP contribution >= 0.6 is 11.6 Å². The number of nitrogen functional groups attached to an aromatic ring is 1. The number of halogens is 1. The standard InChI is InChI=1S/C14H11ClN4/c15-11-6-8-12(9-7-11)19-14(16)13(17-18-19)10-4-2-1-3-5-10/h1-9H,16H2. The number of anilines is 1. The van der Waals surface area contributed by atoms with Crippen molar-refractivity contribution in [1.82, 2.24) is 15.0 Å². The number of hydrogen-bond donors (Lipinski definition) is 1. The molecule has 2 aromatic carbocycles. The molecule has 3 aromatic rings. The molecule has 0 spiro atoms. The summed E-state index contributed by atoms with van der Waals surface area (Å²) in [6.45, 7) is 0. The first-order valence-electron chi connectivity index (χ1n) is 5.78. The smallest absolute Gasteiger partial charge is 0.155 e. The van der Waals surface area contributed by atoms with E-state index in [-0.39, 0.29) is 0 Å². The van der Waals surface area contributed by atoms with E-state index in [4.69, 9.17) is 17.3 Å². The van der Waals surface area contributed by atoms with Crippen molar-refractivity contribution in [2.24, 2.45) is 0 Å². The predicted octanol–water partition coefficient (Wildman–Crippen LogP) is 3.17. The van der Waals surface area contributed by atoms with Crippen LogP contribution in [0.4, 0.5) is 5.82 Å². The van der Waals surface area contributed by atoms with Gasteiger partial charge in [-0.3, -0.25) is 0 Å². The molecule has 5 heteroatoms. The van der Waals surface area contributed by atoms with Gasteiger partial charge in [0.1, 0.15) is 5.69 Å². The van der Waals surface area contributed by atoms with Crippen LogP contribution in [0.2, 0.25) is 5.02 Å². The Bertz CT molecular complexity index is 689. The molecule has 0 saturated carbocycles. The molecule has 1 heterocycles. The highest BCUT2D eigenvalue weighted by Crippen LogP contribution is 2.25. The molecular formula is C14H11ClN4. The molecule has 0 unspecified atom stereocenters. The second kappa shape index (κ2) is 4.74. The minimum Gasteiger partial charge on any atom is -0.382 e. The van der Waals surface area contributed by atoms with E-state index in [2.05, 4.69) is 10.3 Å². The number of aromatic nitrogens is 3. The van der Waals surface area contributed by atoms with E-state index < -0.39 is 0 Å². The first kappa shape index (κ1) is 11.7. The van der Waals surface area contributed by atoms with Crippen molar-refractivity contribution in [3.8, 4) is 16.9 Å². The first-order chi connectivity index (χ1) is 9.25. The Kier molecular flexibility index (Phi) is 2.93. The second-order valence-electron chi connectivity index (χ2n) is 4.08. The summed E-state index contributed by atoms with van der Waals surface area (Å²) in [5.74, 6) is 0.508. The SMILES string of the molecule is Nc1c(-c2ccccc2)nnn1-c1ccc(Cl)cc1. The van der Waals surface area contributed by atoms with E-state index in [9.17, 15) is 0 Å². The number of hydrogen-bond acceptors (Lipinski definition) is 3. The molecule has 0 bridgehead atoms. The van der Waals surface area contributed by atoms with Gasteiger partial charge in [-0.25, -0.2) is 0 Å². The van der Waals surface area contributed by atoms with Crippen molar-refractivity contribution in [3.63, 3.8) is 0 Å². The van der Waals surface area contributed by atoms with E-state index in [0.717, 1.165) is 11.3 Å². The van der Waals surface area contributed by atoms with Crippen LogP contribution in [0.25, 0.3) is 16.9 Å². The molecule has 1 aromatic heterocycles. The van der Waals surface area contributed by atoms with Gasteiger partial charge >= 0.3 is 0 Å². The van der Waals surface area contributed by atoms with Crippen LogP contribution in [0.3, 0.4) is 0 Å². The first-order valence-corrected chi connectivity index (χ1v) is 6.16. The Morgan fingerprint density at radius 3 is 2.32 bits per heavy atom. The van der Waals surface area contributed by atoms with Gasteiger partial charge in [0.25, 0.3) is 0 Å². The lowest BCUT2D eigenvalue weighted by Gasteiger charge is -2.03. The number of benzene rings is 2. The lowest BCUT2D eigenvalue weighted by Crippen LogP contribution is -2.02. The molecular weight excluding hydrogens is 260 g/mol. The molecule has 94 valence electrons. The third-order valence-corrected chi connectivity index (χ3v) is 3.08. The third kappa shape index (κ3) is 2.18. The lowest BCUT2D eigenvalue weighted by molar-refractivity contribution is 0.810. The van der Waals surface area contributed by atoms with Gasteiger partial charge in [0.15, 0.2) is 5.82 Å². The molecule has 0 aliphatic heterocycles. The zero-order valence-electron chi connectivity index (χ0n) is 9.99. The van der Waals surface area contributed by atoms with E-state index in [1.165, 1.54) is 0 Å². The van der Waals surface area contributed by atoms with Gasteiger partial charge in [0.05, 0.1) is 5.69 Å². The third-order valence-electron chi connectivity index (χ3n) is 2.82. The lowest BCUT2D eigenvalue weighted by atomic mass is 10.1. The molecule has 0 aliphatic rings. The normalized spacial score (nSPS) is 10.6. The van der Waals surface area contributed by atoms with Gasteiger partial charge in [-0.2, -0.15) is 4.68 Å². The summed E-state index contributed by atoms with van der Waals surface area (Å²) < 4.78 is 1.60. The van der Waals surface area contributed by atoms with E-state index in [1.807, 2.05) is 42.5 Å². The van der Waals surface area contributed by atoms with E-state index in [0.29, 0.717) is 16.5 Å². The van der Waals surface area contributed by atoms with Crippen molar-refractivity contribution < 1.29 is 0 Å². The fraction of sp³-hybridized carbons (Fsp3) is 0. The number of nitrogens with zero attached hydrogens (tertiary/aromatic N) is 3. The largest absolute Gasteiger partial charge is 0.382 e. The fourth-order valence-electron chi connectivity index (χ4n) is 1.86. The topological polar surface area (TPSA) is 56.7 Å². The summed E-state index contributed by atoms with van der Waals surface area (Å²) in [5, 5.41) is 8.90. The van der Waals surface area contributed by atoms with Crippen LogP contribution in [-0.4, -0.2) is 15.0 Å². The number of rotatable bonds is 2. The molecule has 0 atom stereocenters. The minimum absolute atomic E-state index is 0.508. The average molecular weight is 271 g/mol. The van der Waals surface area contributed by atoms with Crippen LogP contribution in [0.5, 0.6) is 0 Å². The maximum absolute atomic E-state index is 6.11. The molecule has 19 heavy (non-hydrogen) atoms. The summed E-state index contributed by atoms with van der Waals surface area (Å²) in [4.78, 5) is 0. The van der Waals surface area contributed by atoms with Gasteiger partial charge in [-0.15, -0.1) is 5.10 Å². The van der Waals surface area contributed by atoms with Gasteiger partial charge in [0.2, 0.25) is 0 Å². The highest BCUT2D eigenvalue weighted by molar-refractivity contribution is 6.30. The maximum Gasteiger partial charge on any atom is 0.155 e. The van der Waals surface area contributed by atoms with Gasteiger partial charge < -0.3 is 5.73 Å². The van der Waals surface area contributed by atoms with Gasteiger partial charge in [-0.05, 0) is 24.3 Å². The Labute approximate surface area is 115 Å². The number of nitrogens with two attached hydrogens (primary N) is 1. The average Bonchev–Trinajstić information content (AvgIpc) is 2.83. The van der Waals surface area contributed by atoms with Gasteiger partial charge in [0, 0.05) is 10.6 Å². The van der Waals surface area contributed by atoms with Crippen LogP contribution in [-0.2, 0) is 0 Å². The summed E-state index contributed by atoms with van der Waals surface area (Å²) in [6, 6.07) is 17.0. The zero-order chi connectivity index (χ0) is 13.2. The van der Waals surface area contributed by atoms with Crippen molar-refractivity contribution >= 4 is 17.4 Å². The van der Waals surface area contributed by atoms with Crippen molar-refractivity contribution in [1.29, 1.82) is 0 Å². The van der Waals surface area contributed by atoms with Crippen molar-refractivity contribution in [3.05, 3.63) is 59.6 Å². The molecule has 0 radical (unpaired) electrons. The zero-order valence-corrected chi connectivity index (χ0v) is 10.7. The van der Waals surface area contributed by atoms with Crippen molar-refractivity contribution in [2.75, 3.05) is 5.73 Å². The Morgan fingerprint density at radius 2 is 1.63 bits per heavy atom. The van der Waals surface area contributed by atoms with Crippen LogP contribution in [0.15, 0.2) is 54.6 Å². The Morgan fingerprint density at radius 1 is 0.947 bits per heavy atom. The summed E-state index contributed by atoms with van der Waals surface area (Å²) in [5.41, 5.74) is 8.56. The Hall–Kier alpha value is -2.33. The fourth-order valence-corrected chi connectivity index (χ4v) is 1.99. The monoisotopic (exact) mass is 270 g/mol. The van der Waals surface area contributed by atoms with Crippen LogP contribution in [0, 0.1) is 0 Å². The molecule has 0 fully saturated rings. The van der Waals surface area contributed by atoms with Crippen LogP contribution in [0.1, 0.15) is 0 Å². The summed E-state index contributed by atoms with van der Waals surface area (Å²) in [6.07, 6.45) is 0. The highest BCUT2D eigenvalue weighted by atomic mass is 35.5. The molecule has 4 nitrogen and oxygen atoms in total. The van der Waals surface area contributed by atoms with Crippen molar-refractivity contribution in [2.45, 2.75) is 0 Å². The molecule has 0 saturated heterocycles. The van der Waals surface area contributed by atoms with Gasteiger partial charge in [-0.1, -0.05) is 47.1 Å². The van der Waals surface area contributed by atoms with Crippen LogP contribution < -0.4 is 5.73 Å². The second-order valence-corrected chi connectivity index (χ2v) is 4.51. The Balaban J connectivity index is 2.06.